The first-order valence-corrected chi connectivity index (χ1v) is 8.13. The molecule has 3 N–H and O–H groups in total. The average Bonchev–Trinajstić information content (AvgIpc) is 2.84. The van der Waals surface area contributed by atoms with Gasteiger partial charge in [0.25, 0.3) is 10.0 Å². The molecular weight excluding hydrogens is 418 g/mol. The van der Waals surface area contributed by atoms with Crippen molar-refractivity contribution in [2.24, 2.45) is 0 Å². The molecule has 1 aromatic heterocycles. The summed E-state index contributed by atoms with van der Waals surface area (Å²) in [4.78, 5) is 10.9. The number of aromatic carboxylic acids is 1. The van der Waals surface area contributed by atoms with E-state index in [1.54, 1.807) is 18.2 Å². The maximum Gasteiger partial charge on any atom is 0.340 e. The number of carboxylic acid groups (broad SMARTS) is 1. The van der Waals surface area contributed by atoms with Crippen LogP contribution >= 0.6 is 31.9 Å². The molecule has 0 radical (unpaired) electrons. The largest absolute Gasteiger partial charge is 0.478 e. The van der Waals surface area contributed by atoms with Crippen LogP contribution in [0.1, 0.15) is 10.4 Å². The predicted molar refractivity (Wildman–Crippen MR) is 78.2 cm³/mol. The molecule has 0 fully saturated rings. The van der Waals surface area contributed by atoms with E-state index in [4.69, 9.17) is 5.11 Å². The van der Waals surface area contributed by atoms with E-state index in [9.17, 15) is 13.2 Å². The van der Waals surface area contributed by atoms with Gasteiger partial charge in [-0.15, -0.1) is 0 Å². The molecule has 1 aromatic carbocycles. The molecule has 0 unspecified atom stereocenters. The van der Waals surface area contributed by atoms with Crippen LogP contribution in [-0.2, 0) is 10.0 Å². The van der Waals surface area contributed by atoms with Crippen molar-refractivity contribution in [3.05, 3.63) is 38.9 Å². The fourth-order valence-electron chi connectivity index (χ4n) is 1.41. The third kappa shape index (κ3) is 2.86. The molecule has 2 rings (SSSR count). The number of hydrogen-bond acceptors (Lipinski definition) is 4. The van der Waals surface area contributed by atoms with Gasteiger partial charge in [-0.25, -0.2) is 4.79 Å². The molecule has 0 bridgehead atoms. The number of nitrogens with zero attached hydrogens (tertiary/aromatic N) is 1. The average molecular weight is 425 g/mol. The van der Waals surface area contributed by atoms with E-state index >= 15 is 0 Å². The van der Waals surface area contributed by atoms with Crippen molar-refractivity contribution >= 4 is 53.5 Å². The van der Waals surface area contributed by atoms with Crippen LogP contribution < -0.4 is 4.72 Å². The van der Waals surface area contributed by atoms with Crippen molar-refractivity contribution in [2.75, 3.05) is 4.72 Å². The summed E-state index contributed by atoms with van der Waals surface area (Å²) in [5.74, 6) is -1.38. The Kier molecular flexibility index (Phi) is 4.16. The van der Waals surface area contributed by atoms with E-state index in [0.29, 0.717) is 8.95 Å². The van der Waals surface area contributed by atoms with Gasteiger partial charge in [0.15, 0.2) is 5.03 Å². The fourth-order valence-corrected chi connectivity index (χ4v) is 4.06. The molecule has 1 heterocycles. The van der Waals surface area contributed by atoms with E-state index in [1.165, 1.54) is 0 Å². The highest BCUT2D eigenvalue weighted by Crippen LogP contribution is 2.32. The maximum atomic E-state index is 12.2. The highest BCUT2D eigenvalue weighted by molar-refractivity contribution is 9.11. The van der Waals surface area contributed by atoms with Crippen LogP contribution in [0.15, 0.2) is 38.4 Å². The number of para-hydroxylation sites is 1. The Balaban J connectivity index is 2.47. The summed E-state index contributed by atoms with van der Waals surface area (Å²) in [5.41, 5.74) is -0.167. The summed E-state index contributed by atoms with van der Waals surface area (Å²) < 4.78 is 27.7. The number of H-pyrrole nitrogens is 1. The van der Waals surface area contributed by atoms with Gasteiger partial charge in [0.05, 0.1) is 11.9 Å². The lowest BCUT2D eigenvalue weighted by Crippen LogP contribution is -2.17. The van der Waals surface area contributed by atoms with Gasteiger partial charge in [-0.3, -0.25) is 9.82 Å². The Bertz CT molecular complexity index is 752. The monoisotopic (exact) mass is 423 g/mol. The minimum atomic E-state index is -4.10. The van der Waals surface area contributed by atoms with Gasteiger partial charge in [-0.2, -0.15) is 13.5 Å². The zero-order valence-corrected chi connectivity index (χ0v) is 13.6. The molecular formula is C10H7Br2N3O4S. The van der Waals surface area contributed by atoms with Crippen LogP contribution in [0.4, 0.5) is 5.69 Å². The number of aromatic amines is 1. The lowest BCUT2D eigenvalue weighted by Gasteiger charge is -2.10. The number of nitrogens with one attached hydrogen (secondary N) is 2. The fraction of sp³-hybridized carbons (Fsp3) is 0. The van der Waals surface area contributed by atoms with Crippen molar-refractivity contribution in [1.82, 2.24) is 10.2 Å². The second-order valence-electron chi connectivity index (χ2n) is 3.62. The molecule has 0 amide bonds. The van der Waals surface area contributed by atoms with Gasteiger partial charge in [0.1, 0.15) is 5.56 Å². The number of benzene rings is 1. The van der Waals surface area contributed by atoms with Crippen LogP contribution in [0.3, 0.4) is 0 Å². The van der Waals surface area contributed by atoms with Gasteiger partial charge in [-0.05, 0) is 44.0 Å². The van der Waals surface area contributed by atoms with Crippen molar-refractivity contribution in [3.8, 4) is 0 Å². The summed E-state index contributed by atoms with van der Waals surface area (Å²) in [6, 6.07) is 5.01. The van der Waals surface area contributed by atoms with Crippen molar-refractivity contribution in [1.29, 1.82) is 0 Å². The van der Waals surface area contributed by atoms with Crippen LogP contribution in [0.2, 0.25) is 0 Å². The molecule has 0 saturated carbocycles. The third-order valence-corrected chi connectivity index (χ3v) is 4.95. The summed E-state index contributed by atoms with van der Waals surface area (Å²) in [6.45, 7) is 0. The summed E-state index contributed by atoms with van der Waals surface area (Å²) in [7, 11) is -4.10. The zero-order chi connectivity index (χ0) is 14.9. The number of aromatic nitrogens is 2. The van der Waals surface area contributed by atoms with Crippen LogP contribution in [0.5, 0.6) is 0 Å². The van der Waals surface area contributed by atoms with Crippen LogP contribution in [0.25, 0.3) is 0 Å². The second-order valence-corrected chi connectivity index (χ2v) is 6.95. The molecule has 0 aliphatic carbocycles. The molecule has 106 valence electrons. The predicted octanol–water partition coefficient (Wildman–Crippen LogP) is 2.43. The standard InChI is InChI=1S/C10H7Br2N3O4S/c11-6-2-1-3-7(12)8(6)15-20(18,19)9-5(10(16)17)4-13-14-9/h1-4,15H,(H,13,14)(H,16,17). The number of carboxylic acids is 1. The second kappa shape index (κ2) is 5.54. The molecule has 10 heteroatoms. The SMILES string of the molecule is O=C(O)c1cn[nH]c1S(=O)(=O)Nc1c(Br)cccc1Br. The van der Waals surface area contributed by atoms with Gasteiger partial charge < -0.3 is 5.11 Å². The Morgan fingerprint density at radius 2 is 1.90 bits per heavy atom. The van der Waals surface area contributed by atoms with E-state index < -0.39 is 26.6 Å². The quantitative estimate of drug-likeness (QED) is 0.697. The van der Waals surface area contributed by atoms with Gasteiger partial charge in [0.2, 0.25) is 0 Å². The minimum absolute atomic E-state index is 0.262. The maximum absolute atomic E-state index is 12.2. The van der Waals surface area contributed by atoms with Gasteiger partial charge >= 0.3 is 5.97 Å². The summed E-state index contributed by atoms with van der Waals surface area (Å²) >= 11 is 6.42. The molecule has 0 atom stereocenters. The Labute approximate surface area is 130 Å². The number of rotatable bonds is 4. The lowest BCUT2D eigenvalue weighted by molar-refractivity contribution is 0.0692. The van der Waals surface area contributed by atoms with Gasteiger partial charge in [0, 0.05) is 8.95 Å². The van der Waals surface area contributed by atoms with Crippen LogP contribution in [0, 0.1) is 0 Å². The Hall–Kier alpha value is -1.39. The van der Waals surface area contributed by atoms with Crippen LogP contribution in [-0.4, -0.2) is 29.7 Å². The van der Waals surface area contributed by atoms with Crippen molar-refractivity contribution < 1.29 is 18.3 Å². The normalized spacial score (nSPS) is 11.3. The molecule has 20 heavy (non-hydrogen) atoms. The zero-order valence-electron chi connectivity index (χ0n) is 9.59. The number of carbonyl (C=O) groups is 1. The van der Waals surface area contributed by atoms with Gasteiger partial charge in [-0.1, -0.05) is 6.07 Å². The number of sulfonamides is 1. The van der Waals surface area contributed by atoms with Crippen molar-refractivity contribution in [3.63, 3.8) is 0 Å². The highest BCUT2D eigenvalue weighted by atomic mass is 79.9. The lowest BCUT2D eigenvalue weighted by atomic mass is 10.3. The minimum Gasteiger partial charge on any atom is -0.478 e. The highest BCUT2D eigenvalue weighted by Gasteiger charge is 2.26. The Morgan fingerprint density at radius 1 is 1.30 bits per heavy atom. The third-order valence-electron chi connectivity index (χ3n) is 2.30. The number of hydrogen-bond donors (Lipinski definition) is 3. The first-order chi connectivity index (χ1) is 9.33. The molecule has 0 spiro atoms. The Morgan fingerprint density at radius 3 is 2.45 bits per heavy atom. The van der Waals surface area contributed by atoms with E-state index in [0.717, 1.165) is 6.20 Å². The summed E-state index contributed by atoms with van der Waals surface area (Å²) in [5, 5.41) is 14.0. The number of halogens is 2. The number of anilines is 1. The smallest absolute Gasteiger partial charge is 0.340 e. The topological polar surface area (TPSA) is 112 Å². The first-order valence-electron chi connectivity index (χ1n) is 5.06. The molecule has 0 saturated heterocycles. The molecule has 0 aliphatic heterocycles. The van der Waals surface area contributed by atoms with Crippen molar-refractivity contribution in [2.45, 2.75) is 5.03 Å². The first kappa shape index (κ1) is 15.0. The molecule has 2 aromatic rings. The summed E-state index contributed by atoms with van der Waals surface area (Å²) in [6.07, 6.45) is 0.936. The molecule has 0 aliphatic rings. The van der Waals surface area contributed by atoms with E-state index in [-0.39, 0.29) is 5.69 Å². The molecule has 7 nitrogen and oxygen atoms in total. The van der Waals surface area contributed by atoms with E-state index in [1.807, 2.05) is 0 Å². The van der Waals surface area contributed by atoms with E-state index in [2.05, 4.69) is 46.8 Å².